The number of aryl methyl sites for hydroxylation is 1. The van der Waals surface area contributed by atoms with Crippen LogP contribution in [0.1, 0.15) is 35.5 Å². The lowest BCUT2D eigenvalue weighted by Crippen LogP contribution is -2.22. The zero-order valence-electron chi connectivity index (χ0n) is 17.2. The molecule has 0 radical (unpaired) electrons. The monoisotopic (exact) mass is 440 g/mol. The van der Waals surface area contributed by atoms with Gasteiger partial charge in [0.1, 0.15) is 11.6 Å². The first-order valence-electron chi connectivity index (χ1n) is 10.3. The molecule has 7 nitrogen and oxygen atoms in total. The minimum absolute atomic E-state index is 0.0277. The minimum atomic E-state index is -0.755. The van der Waals surface area contributed by atoms with Crippen LogP contribution in [0.2, 0.25) is 0 Å². The molecule has 0 bridgehead atoms. The molecule has 4 rings (SSSR count). The molecule has 0 spiro atoms. The molecule has 0 unspecified atom stereocenters. The van der Waals surface area contributed by atoms with Crippen LogP contribution in [0.3, 0.4) is 0 Å². The van der Waals surface area contributed by atoms with Crippen molar-refractivity contribution in [1.29, 1.82) is 0 Å². The second-order valence-electron chi connectivity index (χ2n) is 7.55. The number of nitrogens with two attached hydrogens (primary N) is 1. The van der Waals surface area contributed by atoms with E-state index in [1.807, 2.05) is 0 Å². The van der Waals surface area contributed by atoms with Crippen molar-refractivity contribution in [2.45, 2.75) is 25.7 Å². The summed E-state index contributed by atoms with van der Waals surface area (Å²) in [6.45, 7) is 1.73. The Morgan fingerprint density at radius 2 is 1.84 bits per heavy atom. The number of nitrogens with one attached hydrogen (secondary N) is 1. The van der Waals surface area contributed by atoms with E-state index in [-0.39, 0.29) is 36.0 Å². The van der Waals surface area contributed by atoms with Crippen LogP contribution in [0.25, 0.3) is 11.3 Å². The van der Waals surface area contributed by atoms with Crippen LogP contribution in [-0.2, 0) is 11.2 Å². The molecule has 0 atom stereocenters. The molecule has 1 aliphatic rings. The number of nitrogens with zero attached hydrogens (tertiary/aromatic N) is 2. The third-order valence-electron chi connectivity index (χ3n) is 5.33. The van der Waals surface area contributed by atoms with E-state index in [4.69, 9.17) is 10.2 Å². The van der Waals surface area contributed by atoms with Crippen molar-refractivity contribution in [3.8, 4) is 11.3 Å². The lowest BCUT2D eigenvalue weighted by molar-refractivity contribution is -0.116. The summed E-state index contributed by atoms with van der Waals surface area (Å²) in [5, 5.41) is 2.83. The van der Waals surface area contributed by atoms with Crippen LogP contribution in [0.5, 0.6) is 0 Å². The highest BCUT2D eigenvalue weighted by Crippen LogP contribution is 2.31. The first kappa shape index (κ1) is 21.5. The number of amides is 2. The van der Waals surface area contributed by atoms with E-state index in [0.717, 1.165) is 43.8 Å². The van der Waals surface area contributed by atoms with Gasteiger partial charge in [-0.05, 0) is 43.2 Å². The normalized spacial score (nSPS) is 13.4. The van der Waals surface area contributed by atoms with Crippen molar-refractivity contribution in [3.63, 3.8) is 0 Å². The number of carbonyl (C=O) groups is 2. The van der Waals surface area contributed by atoms with Gasteiger partial charge < -0.3 is 20.4 Å². The van der Waals surface area contributed by atoms with Crippen molar-refractivity contribution >= 4 is 23.2 Å². The number of oxazole rings is 1. The van der Waals surface area contributed by atoms with Crippen LogP contribution < -0.4 is 16.0 Å². The lowest BCUT2D eigenvalue weighted by atomic mass is 10.1. The summed E-state index contributed by atoms with van der Waals surface area (Å²) < 4.78 is 33.3. The molecular formula is C23H22F2N4O3. The summed E-state index contributed by atoms with van der Waals surface area (Å²) >= 11 is 0. The molecular weight excluding hydrogens is 418 g/mol. The van der Waals surface area contributed by atoms with Crippen LogP contribution in [0, 0.1) is 11.6 Å². The van der Waals surface area contributed by atoms with Crippen LogP contribution in [0.4, 0.5) is 20.2 Å². The molecule has 1 saturated heterocycles. The van der Waals surface area contributed by atoms with Crippen LogP contribution in [0.15, 0.2) is 47.0 Å². The number of carbonyl (C=O) groups excluding carboxylic acids is 2. The summed E-state index contributed by atoms with van der Waals surface area (Å²) in [6, 6.07) is 8.52. The molecule has 32 heavy (non-hydrogen) atoms. The van der Waals surface area contributed by atoms with E-state index in [0.29, 0.717) is 11.3 Å². The standard InChI is InChI=1S/C23H22F2N4O3/c24-15-4-3-5-16(25)22(15)19-13-27-21(32-19)9-8-20(30)28-17-12-14(23(26)31)6-7-18(17)29-10-1-2-11-29/h3-7,12-13H,1-2,8-11H2,(H2,26,31)(H,28,30). The van der Waals surface area contributed by atoms with Gasteiger partial charge in [-0.2, -0.15) is 0 Å². The number of halogens is 2. The number of aromatic nitrogens is 1. The van der Waals surface area contributed by atoms with Gasteiger partial charge in [0.15, 0.2) is 11.7 Å². The summed E-state index contributed by atoms with van der Waals surface area (Å²) in [6.07, 6.45) is 3.51. The number of hydrogen-bond donors (Lipinski definition) is 2. The molecule has 9 heteroatoms. The zero-order chi connectivity index (χ0) is 22.7. The van der Waals surface area contributed by atoms with Gasteiger partial charge in [-0.1, -0.05) is 6.07 Å². The maximum Gasteiger partial charge on any atom is 0.248 e. The Hall–Kier alpha value is -3.75. The number of rotatable bonds is 7. The smallest absolute Gasteiger partial charge is 0.248 e. The molecule has 0 aliphatic carbocycles. The summed E-state index contributed by atoms with van der Waals surface area (Å²) in [4.78, 5) is 30.3. The Morgan fingerprint density at radius 3 is 2.53 bits per heavy atom. The summed E-state index contributed by atoms with van der Waals surface area (Å²) in [5.41, 5.74) is 6.72. The van der Waals surface area contributed by atoms with Gasteiger partial charge in [0, 0.05) is 31.5 Å². The minimum Gasteiger partial charge on any atom is -0.441 e. The van der Waals surface area contributed by atoms with E-state index in [1.54, 1.807) is 18.2 Å². The Balaban J connectivity index is 1.45. The third kappa shape index (κ3) is 4.61. The van der Waals surface area contributed by atoms with Crippen LogP contribution in [-0.4, -0.2) is 29.9 Å². The first-order valence-corrected chi connectivity index (χ1v) is 10.3. The predicted octanol–water partition coefficient (Wildman–Crippen LogP) is 3.89. The van der Waals surface area contributed by atoms with Gasteiger partial charge in [-0.15, -0.1) is 0 Å². The zero-order valence-corrected chi connectivity index (χ0v) is 17.2. The number of primary amides is 1. The van der Waals surface area contributed by atoms with Crippen molar-refractivity contribution in [1.82, 2.24) is 4.98 Å². The molecule has 1 aliphatic heterocycles. The number of anilines is 2. The molecule has 2 aromatic carbocycles. The number of hydrogen-bond acceptors (Lipinski definition) is 5. The van der Waals surface area contributed by atoms with Crippen molar-refractivity contribution in [3.05, 3.63) is 65.7 Å². The Bertz CT molecular complexity index is 1140. The maximum absolute atomic E-state index is 13.9. The quantitative estimate of drug-likeness (QED) is 0.580. The summed E-state index contributed by atoms with van der Waals surface area (Å²) in [7, 11) is 0. The molecule has 1 aromatic heterocycles. The largest absolute Gasteiger partial charge is 0.441 e. The highest BCUT2D eigenvalue weighted by Gasteiger charge is 2.19. The third-order valence-corrected chi connectivity index (χ3v) is 5.33. The van der Waals surface area contributed by atoms with Crippen LogP contribution >= 0.6 is 0 Å². The molecule has 3 N–H and O–H groups in total. The van der Waals surface area contributed by atoms with E-state index in [2.05, 4.69) is 15.2 Å². The second-order valence-corrected chi connectivity index (χ2v) is 7.55. The Morgan fingerprint density at radius 1 is 1.12 bits per heavy atom. The molecule has 1 fully saturated rings. The predicted molar refractivity (Wildman–Crippen MR) is 115 cm³/mol. The summed E-state index contributed by atoms with van der Waals surface area (Å²) in [5.74, 6) is -2.27. The van der Waals surface area contributed by atoms with E-state index < -0.39 is 17.5 Å². The highest BCUT2D eigenvalue weighted by atomic mass is 19.1. The van der Waals surface area contributed by atoms with E-state index in [1.165, 1.54) is 12.3 Å². The van der Waals surface area contributed by atoms with Crippen molar-refractivity contribution in [2.75, 3.05) is 23.3 Å². The Kier molecular flexibility index (Phi) is 6.16. The van der Waals surface area contributed by atoms with Gasteiger partial charge in [0.05, 0.1) is 23.1 Å². The van der Waals surface area contributed by atoms with Gasteiger partial charge >= 0.3 is 0 Å². The Labute approximate surface area is 183 Å². The maximum atomic E-state index is 13.9. The van der Waals surface area contributed by atoms with E-state index in [9.17, 15) is 18.4 Å². The molecule has 2 amide bonds. The number of benzene rings is 2. The molecule has 3 aromatic rings. The second kappa shape index (κ2) is 9.17. The van der Waals surface area contributed by atoms with Crippen molar-refractivity contribution < 1.29 is 22.8 Å². The van der Waals surface area contributed by atoms with Gasteiger partial charge in [-0.3, -0.25) is 9.59 Å². The molecule has 2 heterocycles. The average molecular weight is 440 g/mol. The fourth-order valence-electron chi connectivity index (χ4n) is 3.73. The molecule has 166 valence electrons. The van der Waals surface area contributed by atoms with Gasteiger partial charge in [0.25, 0.3) is 0 Å². The SMILES string of the molecule is NC(=O)c1ccc(N2CCCC2)c(NC(=O)CCc2ncc(-c3c(F)cccc3F)o2)c1. The van der Waals surface area contributed by atoms with E-state index >= 15 is 0 Å². The van der Waals surface area contributed by atoms with Gasteiger partial charge in [0.2, 0.25) is 11.8 Å². The first-order chi connectivity index (χ1) is 15.4. The highest BCUT2D eigenvalue weighted by molar-refractivity contribution is 5.99. The van der Waals surface area contributed by atoms with Gasteiger partial charge in [-0.25, -0.2) is 13.8 Å². The fourth-order valence-corrected chi connectivity index (χ4v) is 3.73. The van der Waals surface area contributed by atoms with Crippen molar-refractivity contribution in [2.24, 2.45) is 5.73 Å². The average Bonchev–Trinajstić information content (AvgIpc) is 3.45. The topological polar surface area (TPSA) is 101 Å². The molecule has 0 saturated carbocycles. The lowest BCUT2D eigenvalue weighted by Gasteiger charge is -2.22. The fraction of sp³-hybridized carbons (Fsp3) is 0.261.